The topological polar surface area (TPSA) is 61.9 Å². The fraction of sp³-hybridized carbons (Fsp3) is 0.312. The first-order valence-electron chi connectivity index (χ1n) is 13.6. The third-order valence-corrected chi connectivity index (χ3v) is 9.63. The Morgan fingerprint density at radius 3 is 2.44 bits per heavy atom. The van der Waals surface area contributed by atoms with Crippen LogP contribution in [0.4, 0.5) is 10.1 Å². The van der Waals surface area contributed by atoms with Crippen molar-refractivity contribution in [1.29, 1.82) is 0 Å². The highest BCUT2D eigenvalue weighted by molar-refractivity contribution is 7.21. The van der Waals surface area contributed by atoms with Crippen molar-refractivity contribution in [2.24, 2.45) is 0 Å². The predicted molar refractivity (Wildman–Crippen MR) is 165 cm³/mol. The number of fused-ring (bicyclic) bond motifs is 1. The van der Waals surface area contributed by atoms with E-state index in [0.29, 0.717) is 33.3 Å². The van der Waals surface area contributed by atoms with Crippen LogP contribution >= 0.6 is 22.9 Å². The molecule has 1 saturated carbocycles. The zero-order chi connectivity index (χ0) is 29.1. The third-order valence-electron chi connectivity index (χ3n) is 7.99. The number of methoxy groups -OCH3 is 1. The molecule has 0 radical (unpaired) electrons. The zero-order valence-electron chi connectivity index (χ0n) is 23.3. The van der Waals surface area contributed by atoms with Gasteiger partial charge in [-0.25, -0.2) is 4.39 Å². The summed E-state index contributed by atoms with van der Waals surface area (Å²) in [6, 6.07) is 18.9. The fourth-order valence-electron chi connectivity index (χ4n) is 5.60. The van der Waals surface area contributed by atoms with E-state index in [1.54, 1.807) is 26.3 Å². The molecule has 0 aliphatic heterocycles. The molecule has 5 rings (SSSR count). The Kier molecular flexibility index (Phi) is 8.92. The molecule has 0 unspecified atom stereocenters. The molecular weight excluding hydrogens is 561 g/mol. The van der Waals surface area contributed by atoms with Crippen LogP contribution in [0, 0.1) is 5.82 Å². The van der Waals surface area contributed by atoms with Crippen molar-refractivity contribution in [3.05, 3.63) is 81.9 Å². The summed E-state index contributed by atoms with van der Waals surface area (Å²) < 4.78 is 21.0. The summed E-state index contributed by atoms with van der Waals surface area (Å²) in [6.45, 7) is 0.323. The minimum Gasteiger partial charge on any atom is -0.496 e. The molecule has 9 heteroatoms. The van der Waals surface area contributed by atoms with Crippen molar-refractivity contribution in [2.45, 2.75) is 44.3 Å². The number of thiophene rings is 1. The molecule has 0 bridgehead atoms. The van der Waals surface area contributed by atoms with Crippen molar-refractivity contribution in [2.75, 3.05) is 26.1 Å². The average Bonchev–Trinajstić information content (AvgIpc) is 3.36. The molecule has 4 aromatic rings. The number of carbonyl (C=O) groups excluding carboxylic acids is 2. The van der Waals surface area contributed by atoms with Crippen LogP contribution in [-0.2, 0) is 11.3 Å². The molecule has 0 spiro atoms. The van der Waals surface area contributed by atoms with Crippen LogP contribution in [0.15, 0.2) is 60.7 Å². The maximum Gasteiger partial charge on any atom is 0.266 e. The van der Waals surface area contributed by atoms with Gasteiger partial charge in [0.2, 0.25) is 6.41 Å². The largest absolute Gasteiger partial charge is 0.496 e. The van der Waals surface area contributed by atoms with Crippen LogP contribution in [-0.4, -0.2) is 50.5 Å². The molecule has 1 aromatic heterocycles. The molecule has 1 aliphatic carbocycles. The molecule has 1 heterocycles. The summed E-state index contributed by atoms with van der Waals surface area (Å²) in [4.78, 5) is 29.1. The second-order valence-corrected chi connectivity index (χ2v) is 11.8. The summed E-state index contributed by atoms with van der Waals surface area (Å²) in [5.41, 5.74) is 3.61. The summed E-state index contributed by atoms with van der Waals surface area (Å²) in [5.74, 6) is 0.0575. The van der Waals surface area contributed by atoms with Gasteiger partial charge in [0.25, 0.3) is 5.91 Å². The summed E-state index contributed by atoms with van der Waals surface area (Å²) in [5, 5.41) is 3.82. The molecule has 6 nitrogen and oxygen atoms in total. The van der Waals surface area contributed by atoms with E-state index in [1.165, 1.54) is 22.3 Å². The Morgan fingerprint density at radius 2 is 1.80 bits per heavy atom. The number of hydrogen-bond acceptors (Lipinski definition) is 5. The highest BCUT2D eigenvalue weighted by atomic mass is 35.5. The Morgan fingerprint density at radius 1 is 1.10 bits per heavy atom. The smallest absolute Gasteiger partial charge is 0.266 e. The Balaban J connectivity index is 1.52. The Hall–Kier alpha value is -3.46. The fourth-order valence-corrected chi connectivity index (χ4v) is 7.11. The number of nitrogens with zero attached hydrogens (tertiary/aromatic N) is 2. The Bertz CT molecular complexity index is 1550. The number of nitrogens with one attached hydrogen (secondary N) is 1. The number of benzene rings is 3. The number of amides is 2. The van der Waals surface area contributed by atoms with Gasteiger partial charge in [-0.3, -0.25) is 9.59 Å². The van der Waals surface area contributed by atoms with Gasteiger partial charge in [0.05, 0.1) is 12.1 Å². The molecule has 0 saturated heterocycles. The molecule has 214 valence electrons. The van der Waals surface area contributed by atoms with E-state index < -0.39 is 5.82 Å². The second-order valence-electron chi connectivity index (χ2n) is 10.4. The summed E-state index contributed by atoms with van der Waals surface area (Å²) >= 11 is 7.90. The van der Waals surface area contributed by atoms with Crippen molar-refractivity contribution in [1.82, 2.24) is 10.2 Å². The number of halogens is 2. The number of anilines is 1. The van der Waals surface area contributed by atoms with E-state index in [2.05, 4.69) is 5.32 Å². The first-order chi connectivity index (χ1) is 19.8. The lowest BCUT2D eigenvalue weighted by Crippen LogP contribution is -2.44. The molecule has 1 aliphatic rings. The van der Waals surface area contributed by atoms with E-state index in [4.69, 9.17) is 16.3 Å². The monoisotopic (exact) mass is 593 g/mol. The van der Waals surface area contributed by atoms with Gasteiger partial charge in [-0.2, -0.15) is 0 Å². The highest BCUT2D eigenvalue weighted by Crippen LogP contribution is 2.39. The van der Waals surface area contributed by atoms with Crippen LogP contribution in [0.25, 0.3) is 21.2 Å². The van der Waals surface area contributed by atoms with Gasteiger partial charge in [0, 0.05) is 47.0 Å². The number of carbonyl (C=O) groups is 2. The van der Waals surface area contributed by atoms with Crippen LogP contribution in [0.3, 0.4) is 0 Å². The van der Waals surface area contributed by atoms with Crippen molar-refractivity contribution in [3.63, 3.8) is 0 Å². The normalized spacial score (nSPS) is 16.9. The minimum absolute atomic E-state index is 0.00440. The summed E-state index contributed by atoms with van der Waals surface area (Å²) in [7, 11) is 5.30. The molecule has 2 amide bonds. The average molecular weight is 594 g/mol. The van der Waals surface area contributed by atoms with Crippen LogP contribution in [0.2, 0.25) is 5.02 Å². The van der Waals surface area contributed by atoms with Crippen molar-refractivity contribution in [3.8, 4) is 16.9 Å². The summed E-state index contributed by atoms with van der Waals surface area (Å²) in [6.07, 6.45) is 4.38. The maximum atomic E-state index is 14.7. The van der Waals surface area contributed by atoms with E-state index in [-0.39, 0.29) is 17.0 Å². The molecule has 41 heavy (non-hydrogen) atoms. The lowest BCUT2D eigenvalue weighted by Gasteiger charge is -2.37. The van der Waals surface area contributed by atoms with Crippen LogP contribution < -0.4 is 15.0 Å². The molecule has 3 aromatic carbocycles. The van der Waals surface area contributed by atoms with Gasteiger partial charge in [-0.1, -0.05) is 35.9 Å². The highest BCUT2D eigenvalue weighted by Gasteiger charge is 2.32. The molecule has 1 fully saturated rings. The molecule has 0 atom stereocenters. The van der Waals surface area contributed by atoms with Crippen molar-refractivity contribution >= 4 is 51.0 Å². The van der Waals surface area contributed by atoms with E-state index >= 15 is 0 Å². The first-order valence-corrected chi connectivity index (χ1v) is 14.8. The van der Waals surface area contributed by atoms with Gasteiger partial charge in [0.15, 0.2) is 0 Å². The number of hydrogen-bond donors (Lipinski definition) is 1. The Labute approximate surface area is 248 Å². The number of ether oxygens (including phenoxy) is 1. The third kappa shape index (κ3) is 5.96. The predicted octanol–water partition coefficient (Wildman–Crippen LogP) is 7.14. The van der Waals surface area contributed by atoms with E-state index in [9.17, 15) is 14.0 Å². The van der Waals surface area contributed by atoms with Crippen LogP contribution in [0.5, 0.6) is 5.75 Å². The first kappa shape index (κ1) is 29.0. The lowest BCUT2D eigenvalue weighted by molar-refractivity contribution is -0.107. The standard InChI is InChI=1S/C32H33ClFN3O3S/c1-35-23-10-14-25(15-11-23)37(32(39)31-30(33)29-26(34)5-4-6-28(29)41-31)18-22-17-21(9-16-27(22)40-3)20-7-12-24(13-8-20)36(2)19-38/h4-9,12-13,16-17,19,23,25,35H,10-11,14-15,18H2,1-3H3/t23-,25+. The van der Waals surface area contributed by atoms with E-state index in [1.807, 2.05) is 54.4 Å². The van der Waals surface area contributed by atoms with Gasteiger partial charge in [-0.05, 0) is 80.3 Å². The van der Waals surface area contributed by atoms with Crippen molar-refractivity contribution < 1.29 is 18.7 Å². The van der Waals surface area contributed by atoms with Gasteiger partial charge in [0.1, 0.15) is 16.4 Å². The zero-order valence-corrected chi connectivity index (χ0v) is 24.9. The number of rotatable bonds is 9. The molecular formula is C32H33ClFN3O3S. The second kappa shape index (κ2) is 12.6. The van der Waals surface area contributed by atoms with E-state index in [0.717, 1.165) is 54.5 Å². The van der Waals surface area contributed by atoms with Crippen LogP contribution in [0.1, 0.15) is 40.9 Å². The lowest BCUT2D eigenvalue weighted by atomic mass is 9.89. The maximum absolute atomic E-state index is 14.7. The molecule has 1 N–H and O–H groups in total. The SMILES string of the molecule is CN[C@H]1CC[C@@H](N(Cc2cc(-c3ccc(N(C)C=O)cc3)ccc2OC)C(=O)c2sc3cccc(F)c3c2Cl)CC1. The van der Waals surface area contributed by atoms with Gasteiger partial charge >= 0.3 is 0 Å². The quantitative estimate of drug-likeness (QED) is 0.210. The van der Waals surface area contributed by atoms with Gasteiger partial charge in [-0.15, -0.1) is 11.3 Å². The minimum atomic E-state index is -0.427. The van der Waals surface area contributed by atoms with Gasteiger partial charge < -0.3 is 19.9 Å².